The summed E-state index contributed by atoms with van der Waals surface area (Å²) in [6.45, 7) is 0. The Bertz CT molecular complexity index is 217. The molecule has 52 valence electrons. The summed E-state index contributed by atoms with van der Waals surface area (Å²) in [7, 11) is 0. The van der Waals surface area contributed by atoms with Crippen LogP contribution in [0.15, 0.2) is 23.6 Å². The van der Waals surface area contributed by atoms with Crippen molar-refractivity contribution in [1.82, 2.24) is 0 Å². The average molecular weight is 150 g/mol. The van der Waals surface area contributed by atoms with Crippen molar-refractivity contribution in [3.05, 3.63) is 28.5 Å². The van der Waals surface area contributed by atoms with Gasteiger partial charge in [-0.3, -0.25) is 0 Å². The van der Waals surface area contributed by atoms with Gasteiger partial charge < -0.3 is 0 Å². The summed E-state index contributed by atoms with van der Waals surface area (Å²) in [4.78, 5) is 1.38. The van der Waals surface area contributed by atoms with Crippen molar-refractivity contribution in [2.24, 2.45) is 5.92 Å². The van der Waals surface area contributed by atoms with Gasteiger partial charge in [-0.15, -0.1) is 11.3 Å². The SMILES string of the molecule is C(=CC1CC1)c1cccs1. The minimum atomic E-state index is 0.905. The maximum atomic E-state index is 2.33. The summed E-state index contributed by atoms with van der Waals surface area (Å²) in [5.74, 6) is 0.905. The van der Waals surface area contributed by atoms with Crippen molar-refractivity contribution in [3.8, 4) is 0 Å². The highest BCUT2D eigenvalue weighted by molar-refractivity contribution is 7.10. The molecule has 1 aromatic heterocycles. The predicted molar refractivity (Wildman–Crippen MR) is 46.1 cm³/mol. The molecule has 0 saturated heterocycles. The Morgan fingerprint density at radius 2 is 2.40 bits per heavy atom. The Labute approximate surface area is 65.2 Å². The molecule has 0 bridgehead atoms. The lowest BCUT2D eigenvalue weighted by atomic mass is 10.3. The van der Waals surface area contributed by atoms with Crippen molar-refractivity contribution in [1.29, 1.82) is 0 Å². The van der Waals surface area contributed by atoms with Crippen LogP contribution in [0.5, 0.6) is 0 Å². The van der Waals surface area contributed by atoms with Crippen LogP contribution in [-0.4, -0.2) is 0 Å². The molecule has 0 atom stereocenters. The molecule has 1 aromatic rings. The minimum Gasteiger partial charge on any atom is -0.144 e. The predicted octanol–water partition coefficient (Wildman–Crippen LogP) is 3.17. The third-order valence-electron chi connectivity index (χ3n) is 1.70. The first-order valence-corrected chi connectivity index (χ1v) is 4.55. The van der Waals surface area contributed by atoms with E-state index >= 15 is 0 Å². The molecule has 0 aromatic carbocycles. The van der Waals surface area contributed by atoms with E-state index in [2.05, 4.69) is 29.7 Å². The van der Waals surface area contributed by atoms with Crippen LogP contribution < -0.4 is 0 Å². The van der Waals surface area contributed by atoms with Gasteiger partial charge in [-0.1, -0.05) is 12.1 Å². The van der Waals surface area contributed by atoms with Crippen LogP contribution in [0, 0.1) is 5.92 Å². The molecule has 0 unspecified atom stereocenters. The van der Waals surface area contributed by atoms with Crippen LogP contribution in [0.25, 0.3) is 6.08 Å². The van der Waals surface area contributed by atoms with Gasteiger partial charge in [0, 0.05) is 4.88 Å². The second-order valence-corrected chi connectivity index (χ2v) is 3.69. The lowest BCUT2D eigenvalue weighted by molar-refractivity contribution is 1.13. The summed E-state index contributed by atoms with van der Waals surface area (Å²) in [5.41, 5.74) is 0. The van der Waals surface area contributed by atoms with Crippen LogP contribution in [0.2, 0.25) is 0 Å². The molecule has 0 radical (unpaired) electrons. The third-order valence-corrected chi connectivity index (χ3v) is 2.54. The Morgan fingerprint density at radius 1 is 1.50 bits per heavy atom. The van der Waals surface area contributed by atoms with E-state index < -0.39 is 0 Å². The summed E-state index contributed by atoms with van der Waals surface area (Å²) >= 11 is 1.81. The number of hydrogen-bond donors (Lipinski definition) is 0. The second kappa shape index (κ2) is 2.59. The Balaban J connectivity index is 2.01. The van der Waals surface area contributed by atoms with Crippen LogP contribution in [0.1, 0.15) is 17.7 Å². The fraction of sp³-hybridized carbons (Fsp3) is 0.333. The van der Waals surface area contributed by atoms with E-state index in [1.54, 1.807) is 11.3 Å². The first-order chi connectivity index (χ1) is 4.95. The molecule has 0 aliphatic heterocycles. The van der Waals surface area contributed by atoms with Gasteiger partial charge in [-0.05, 0) is 36.3 Å². The molecular weight excluding hydrogens is 140 g/mol. The van der Waals surface area contributed by atoms with Gasteiger partial charge in [0.2, 0.25) is 0 Å². The van der Waals surface area contributed by atoms with Gasteiger partial charge >= 0.3 is 0 Å². The fourth-order valence-electron chi connectivity index (χ4n) is 0.906. The number of hydrogen-bond acceptors (Lipinski definition) is 1. The van der Waals surface area contributed by atoms with Crippen molar-refractivity contribution in [2.75, 3.05) is 0 Å². The third kappa shape index (κ3) is 1.48. The average Bonchev–Trinajstić information content (AvgIpc) is 2.63. The van der Waals surface area contributed by atoms with Gasteiger partial charge in [0.15, 0.2) is 0 Å². The number of thiophene rings is 1. The van der Waals surface area contributed by atoms with Crippen LogP contribution >= 0.6 is 11.3 Å². The molecule has 2 rings (SSSR count). The van der Waals surface area contributed by atoms with Gasteiger partial charge in [-0.25, -0.2) is 0 Å². The van der Waals surface area contributed by atoms with E-state index in [0.29, 0.717) is 0 Å². The molecule has 1 fully saturated rings. The topological polar surface area (TPSA) is 0 Å². The van der Waals surface area contributed by atoms with E-state index in [9.17, 15) is 0 Å². The highest BCUT2D eigenvalue weighted by Crippen LogP contribution is 2.31. The molecule has 0 nitrogen and oxygen atoms in total. The smallest absolute Gasteiger partial charge is 0.0267 e. The summed E-state index contributed by atoms with van der Waals surface area (Å²) in [5, 5.41) is 2.12. The van der Waals surface area contributed by atoms with Crippen molar-refractivity contribution >= 4 is 17.4 Å². The summed E-state index contributed by atoms with van der Waals surface area (Å²) in [6.07, 6.45) is 7.37. The van der Waals surface area contributed by atoms with E-state index in [1.807, 2.05) is 0 Å². The standard InChI is InChI=1S/C9H10S/c1-2-9(10-7-1)6-5-8-3-4-8/h1-2,5-8H,3-4H2. The first kappa shape index (κ1) is 6.17. The summed E-state index contributed by atoms with van der Waals surface area (Å²) < 4.78 is 0. The normalized spacial score (nSPS) is 18.4. The highest BCUT2D eigenvalue weighted by Gasteiger charge is 2.16. The molecule has 1 heteroatoms. The maximum Gasteiger partial charge on any atom is 0.0267 e. The monoisotopic (exact) mass is 150 g/mol. The van der Waals surface area contributed by atoms with Crippen LogP contribution in [0.3, 0.4) is 0 Å². The minimum absolute atomic E-state index is 0.905. The van der Waals surface area contributed by atoms with E-state index in [0.717, 1.165) is 5.92 Å². The van der Waals surface area contributed by atoms with Crippen molar-refractivity contribution in [3.63, 3.8) is 0 Å². The van der Waals surface area contributed by atoms with Gasteiger partial charge in [0.05, 0.1) is 0 Å². The molecule has 0 N–H and O–H groups in total. The lowest BCUT2D eigenvalue weighted by Crippen LogP contribution is -1.60. The molecule has 10 heavy (non-hydrogen) atoms. The van der Waals surface area contributed by atoms with E-state index in [-0.39, 0.29) is 0 Å². The molecular formula is C9H10S. The molecule has 0 spiro atoms. The maximum absolute atomic E-state index is 2.33. The Hall–Kier alpha value is -0.560. The zero-order valence-electron chi connectivity index (χ0n) is 5.79. The zero-order chi connectivity index (χ0) is 6.81. The Kier molecular flexibility index (Phi) is 1.60. The largest absolute Gasteiger partial charge is 0.144 e. The van der Waals surface area contributed by atoms with E-state index in [4.69, 9.17) is 0 Å². The lowest BCUT2D eigenvalue weighted by Gasteiger charge is -1.80. The van der Waals surface area contributed by atoms with Gasteiger partial charge in [0.25, 0.3) is 0 Å². The molecule has 1 saturated carbocycles. The zero-order valence-corrected chi connectivity index (χ0v) is 6.60. The van der Waals surface area contributed by atoms with Crippen LogP contribution in [0.4, 0.5) is 0 Å². The van der Waals surface area contributed by atoms with Crippen molar-refractivity contribution in [2.45, 2.75) is 12.8 Å². The van der Waals surface area contributed by atoms with E-state index in [1.165, 1.54) is 17.7 Å². The molecule has 0 amide bonds. The number of allylic oxidation sites excluding steroid dienone is 1. The van der Waals surface area contributed by atoms with Crippen LogP contribution in [-0.2, 0) is 0 Å². The number of rotatable bonds is 2. The molecule has 1 heterocycles. The van der Waals surface area contributed by atoms with Gasteiger partial charge in [-0.2, -0.15) is 0 Å². The summed E-state index contributed by atoms with van der Waals surface area (Å²) in [6, 6.07) is 4.25. The molecule has 1 aliphatic rings. The Morgan fingerprint density at radius 3 is 3.00 bits per heavy atom. The quantitative estimate of drug-likeness (QED) is 0.607. The second-order valence-electron chi connectivity index (χ2n) is 2.71. The van der Waals surface area contributed by atoms with Crippen molar-refractivity contribution < 1.29 is 0 Å². The fourth-order valence-corrected chi connectivity index (χ4v) is 1.53. The molecule has 1 aliphatic carbocycles. The highest BCUT2D eigenvalue weighted by atomic mass is 32.1. The first-order valence-electron chi connectivity index (χ1n) is 3.67. The van der Waals surface area contributed by atoms with Gasteiger partial charge in [0.1, 0.15) is 0 Å².